The maximum absolute atomic E-state index is 13.6. The van der Waals surface area contributed by atoms with Gasteiger partial charge in [0.1, 0.15) is 12.4 Å². The number of hydrogen-bond donors (Lipinski definition) is 0. The van der Waals surface area contributed by atoms with Gasteiger partial charge in [0.15, 0.2) is 5.17 Å². The number of hydrogen-bond acceptors (Lipinski definition) is 7. The molecule has 0 N–H and O–H groups in total. The van der Waals surface area contributed by atoms with Gasteiger partial charge in [-0.2, -0.15) is 0 Å². The lowest BCUT2D eigenvalue weighted by molar-refractivity contribution is -0.141. The van der Waals surface area contributed by atoms with E-state index in [-0.39, 0.29) is 18.9 Å². The molecule has 0 saturated carbocycles. The van der Waals surface area contributed by atoms with Gasteiger partial charge in [-0.25, -0.2) is 9.79 Å². The molecule has 7 nitrogen and oxygen atoms in total. The number of benzene rings is 2. The Morgan fingerprint density at radius 3 is 2.53 bits per heavy atom. The van der Waals surface area contributed by atoms with Crippen LogP contribution in [0.25, 0.3) is 0 Å². The molecule has 3 aliphatic heterocycles. The third-order valence-corrected chi connectivity index (χ3v) is 7.55. The first-order valence-corrected chi connectivity index (χ1v) is 13.0. The van der Waals surface area contributed by atoms with Crippen molar-refractivity contribution in [1.29, 1.82) is 0 Å². The van der Waals surface area contributed by atoms with Crippen LogP contribution in [0.4, 0.5) is 0 Å². The quantitative estimate of drug-likeness (QED) is 0.494. The second kappa shape index (κ2) is 10.6. The molecule has 1 saturated heterocycles. The van der Waals surface area contributed by atoms with E-state index >= 15 is 0 Å². The van der Waals surface area contributed by atoms with Gasteiger partial charge in [-0.1, -0.05) is 60.3 Å². The van der Waals surface area contributed by atoms with Crippen LogP contribution in [0.3, 0.4) is 0 Å². The predicted octanol–water partition coefficient (Wildman–Crippen LogP) is 5.03. The monoisotopic (exact) mass is 503 g/mol. The molecule has 2 aromatic carbocycles. The number of allylic oxidation sites excluding steroid dienone is 1. The fraction of sp³-hybridized carbons (Fsp3) is 0.321. The highest BCUT2D eigenvalue weighted by atomic mass is 32.2. The number of likely N-dealkylation sites (tertiary alicyclic amines) is 1. The zero-order valence-electron chi connectivity index (χ0n) is 20.5. The number of methoxy groups -OCH3 is 1. The average molecular weight is 504 g/mol. The zero-order chi connectivity index (χ0) is 25.1. The van der Waals surface area contributed by atoms with E-state index in [4.69, 9.17) is 14.5 Å². The fourth-order valence-electron chi connectivity index (χ4n) is 4.85. The number of amides is 1. The number of esters is 1. The van der Waals surface area contributed by atoms with Crippen LogP contribution in [-0.2, 0) is 20.9 Å². The number of thioether (sulfide) groups is 1. The van der Waals surface area contributed by atoms with Gasteiger partial charge >= 0.3 is 5.97 Å². The molecule has 0 aromatic heterocycles. The Kier molecular flexibility index (Phi) is 7.13. The average Bonchev–Trinajstić information content (AvgIpc) is 3.58. The van der Waals surface area contributed by atoms with Gasteiger partial charge in [-0.3, -0.25) is 4.79 Å². The molecule has 5 rings (SSSR count). The number of amidine groups is 1. The van der Waals surface area contributed by atoms with Crippen molar-refractivity contribution in [2.75, 3.05) is 20.2 Å². The minimum absolute atomic E-state index is 0.0962. The van der Waals surface area contributed by atoms with Gasteiger partial charge in [0, 0.05) is 24.4 Å². The van der Waals surface area contributed by atoms with Crippen LogP contribution in [0.2, 0.25) is 0 Å². The van der Waals surface area contributed by atoms with Crippen molar-refractivity contribution in [1.82, 2.24) is 9.80 Å². The molecular formula is C28H29N3O4S. The van der Waals surface area contributed by atoms with Crippen LogP contribution in [-0.4, -0.2) is 47.0 Å². The van der Waals surface area contributed by atoms with Crippen LogP contribution in [0.1, 0.15) is 43.4 Å². The van der Waals surface area contributed by atoms with E-state index in [0.29, 0.717) is 17.0 Å². The summed E-state index contributed by atoms with van der Waals surface area (Å²) in [6.45, 7) is 3.59. The van der Waals surface area contributed by atoms with Crippen LogP contribution >= 0.6 is 11.8 Å². The number of carbonyl (C=O) groups excluding carboxylic acids is 2. The number of aliphatic imine (C=N–C) groups is 1. The second-order valence-electron chi connectivity index (χ2n) is 8.96. The summed E-state index contributed by atoms with van der Waals surface area (Å²) < 4.78 is 11.5. The molecular weight excluding hydrogens is 474 g/mol. The highest BCUT2D eigenvalue weighted by molar-refractivity contribution is 8.16. The summed E-state index contributed by atoms with van der Waals surface area (Å²) in [5, 5.41) is 2.72. The lowest BCUT2D eigenvalue weighted by atomic mass is 9.93. The summed E-state index contributed by atoms with van der Waals surface area (Å²) in [7, 11) is 1.62. The van der Waals surface area contributed by atoms with Crippen molar-refractivity contribution >= 4 is 28.8 Å². The third kappa shape index (κ3) is 4.78. The van der Waals surface area contributed by atoms with Crippen molar-refractivity contribution in [2.45, 2.75) is 38.8 Å². The van der Waals surface area contributed by atoms with E-state index in [9.17, 15) is 9.59 Å². The topological polar surface area (TPSA) is 71.4 Å². The summed E-state index contributed by atoms with van der Waals surface area (Å²) in [5.74, 6) is 0.322. The van der Waals surface area contributed by atoms with E-state index in [0.717, 1.165) is 47.9 Å². The van der Waals surface area contributed by atoms with E-state index in [1.54, 1.807) is 7.11 Å². The molecule has 3 aliphatic rings. The molecule has 2 aromatic rings. The molecule has 0 aliphatic carbocycles. The van der Waals surface area contributed by atoms with Crippen LogP contribution in [0.5, 0.6) is 5.75 Å². The summed E-state index contributed by atoms with van der Waals surface area (Å²) in [4.78, 5) is 35.3. The minimum Gasteiger partial charge on any atom is -0.496 e. The number of nitrogens with zero attached hydrogens (tertiary/aromatic N) is 3. The van der Waals surface area contributed by atoms with E-state index < -0.39 is 12.0 Å². The summed E-state index contributed by atoms with van der Waals surface area (Å²) in [6.07, 6.45) is 2.33. The first-order valence-electron chi connectivity index (χ1n) is 12.1. The lowest BCUT2D eigenvalue weighted by Gasteiger charge is -2.37. The molecule has 36 heavy (non-hydrogen) atoms. The summed E-state index contributed by atoms with van der Waals surface area (Å²) in [5.41, 5.74) is 3.60. The van der Waals surface area contributed by atoms with Crippen molar-refractivity contribution in [3.8, 4) is 5.75 Å². The van der Waals surface area contributed by atoms with Crippen LogP contribution in [0, 0.1) is 0 Å². The summed E-state index contributed by atoms with van der Waals surface area (Å²) in [6, 6.07) is 16.7. The zero-order valence-corrected chi connectivity index (χ0v) is 21.3. The molecule has 8 heteroatoms. The van der Waals surface area contributed by atoms with Crippen molar-refractivity contribution in [3.05, 3.63) is 88.1 Å². The molecule has 0 bridgehead atoms. The predicted molar refractivity (Wildman–Crippen MR) is 140 cm³/mol. The number of para-hydroxylation sites is 1. The van der Waals surface area contributed by atoms with E-state index in [1.807, 2.05) is 76.7 Å². The molecule has 0 spiro atoms. The van der Waals surface area contributed by atoms with Gasteiger partial charge < -0.3 is 19.3 Å². The maximum Gasteiger partial charge on any atom is 0.338 e. The Labute approximate surface area is 215 Å². The highest BCUT2D eigenvalue weighted by Gasteiger charge is 2.42. The Bertz CT molecular complexity index is 1250. The largest absolute Gasteiger partial charge is 0.496 e. The Hall–Kier alpha value is -3.52. The van der Waals surface area contributed by atoms with Gasteiger partial charge in [0.25, 0.3) is 0 Å². The second-order valence-corrected chi connectivity index (χ2v) is 9.80. The van der Waals surface area contributed by atoms with Crippen molar-refractivity contribution in [2.24, 2.45) is 4.99 Å². The van der Waals surface area contributed by atoms with Crippen LogP contribution in [0.15, 0.2) is 82.0 Å². The first-order chi connectivity index (χ1) is 17.6. The molecule has 0 radical (unpaired) electrons. The molecule has 186 valence electrons. The molecule has 1 atom stereocenters. The summed E-state index contributed by atoms with van der Waals surface area (Å²) >= 11 is 1.47. The minimum atomic E-state index is -0.524. The fourth-order valence-corrected chi connectivity index (χ4v) is 5.82. The Morgan fingerprint density at radius 1 is 1.06 bits per heavy atom. The molecule has 3 heterocycles. The number of fused-ring (bicyclic) bond motifs is 1. The maximum atomic E-state index is 13.6. The van der Waals surface area contributed by atoms with Gasteiger partial charge in [0.05, 0.1) is 30.8 Å². The normalized spacial score (nSPS) is 19.1. The SMILES string of the molecule is COc1ccccc1C1C(C(=O)OCc2ccccc2)=C(C)N=C2SC=C(CC(=O)N3CCCC3)N21. The standard InChI is InChI=1S/C28H29N3O4S/c1-19-25(27(33)35-17-20-10-4-3-5-11-20)26(22-12-6-7-13-23(22)34-2)31-21(18-36-28(31)29-19)16-24(32)30-14-8-9-15-30/h3-7,10-13,18,26H,8-9,14-17H2,1-2H3. The van der Waals surface area contributed by atoms with E-state index in [1.165, 1.54) is 11.8 Å². The Morgan fingerprint density at radius 2 is 1.78 bits per heavy atom. The van der Waals surface area contributed by atoms with Crippen LogP contribution < -0.4 is 4.74 Å². The Balaban J connectivity index is 1.49. The number of rotatable bonds is 7. The third-order valence-electron chi connectivity index (χ3n) is 6.66. The first kappa shape index (κ1) is 24.2. The number of carbonyl (C=O) groups is 2. The number of ether oxygens (including phenoxy) is 2. The van der Waals surface area contributed by atoms with Crippen molar-refractivity contribution < 1.29 is 19.1 Å². The van der Waals surface area contributed by atoms with Gasteiger partial charge in [-0.15, -0.1) is 0 Å². The lowest BCUT2D eigenvalue weighted by Crippen LogP contribution is -2.38. The van der Waals surface area contributed by atoms with Gasteiger partial charge in [-0.05, 0) is 36.8 Å². The molecule has 1 fully saturated rings. The van der Waals surface area contributed by atoms with Gasteiger partial charge in [0.2, 0.25) is 5.91 Å². The van der Waals surface area contributed by atoms with E-state index in [2.05, 4.69) is 0 Å². The smallest absolute Gasteiger partial charge is 0.338 e. The highest BCUT2D eigenvalue weighted by Crippen LogP contribution is 2.47. The molecule has 1 amide bonds. The molecule has 1 unspecified atom stereocenters. The van der Waals surface area contributed by atoms with Crippen molar-refractivity contribution in [3.63, 3.8) is 0 Å².